The van der Waals surface area contributed by atoms with E-state index in [1.165, 1.54) is 0 Å². The van der Waals surface area contributed by atoms with Crippen molar-refractivity contribution in [1.82, 2.24) is 0 Å². The first-order valence-corrected chi connectivity index (χ1v) is 6.43. The number of alkyl halides is 3. The van der Waals surface area contributed by atoms with E-state index in [1.807, 2.05) is 5.32 Å². The number of carbonyl (C=O) groups is 2. The summed E-state index contributed by atoms with van der Waals surface area (Å²) < 4.78 is 43.1. The molecular formula is C14H16F3NO5. The average molecular weight is 335 g/mol. The molecular weight excluding hydrogens is 319 g/mol. The second-order valence-corrected chi connectivity index (χ2v) is 5.67. The molecule has 1 unspecified atom stereocenters. The van der Waals surface area contributed by atoms with Crippen molar-refractivity contribution >= 4 is 17.7 Å². The lowest BCUT2D eigenvalue weighted by molar-refractivity contribution is -0.146. The molecule has 0 heterocycles. The minimum absolute atomic E-state index is 0.392. The van der Waals surface area contributed by atoms with Gasteiger partial charge >= 0.3 is 18.2 Å². The Hall–Kier alpha value is -2.29. The second-order valence-electron chi connectivity index (χ2n) is 5.67. The van der Waals surface area contributed by atoms with Crippen LogP contribution in [0, 0.1) is 0 Å². The molecule has 1 rings (SSSR count). The summed E-state index contributed by atoms with van der Waals surface area (Å²) in [7, 11) is 0. The smallest absolute Gasteiger partial charge is 0.416 e. The number of carboxylic acids is 1. The van der Waals surface area contributed by atoms with Gasteiger partial charge in [-0.2, -0.15) is 13.2 Å². The van der Waals surface area contributed by atoms with Gasteiger partial charge in [0.2, 0.25) is 0 Å². The van der Waals surface area contributed by atoms with Gasteiger partial charge in [-0.15, -0.1) is 0 Å². The fourth-order valence-corrected chi connectivity index (χ4v) is 1.63. The first kappa shape index (κ1) is 18.8. The fourth-order valence-electron chi connectivity index (χ4n) is 1.63. The van der Waals surface area contributed by atoms with Gasteiger partial charge in [0.25, 0.3) is 0 Å². The van der Waals surface area contributed by atoms with Crippen LogP contribution in [-0.4, -0.2) is 27.9 Å². The van der Waals surface area contributed by atoms with E-state index in [0.29, 0.717) is 12.1 Å². The lowest BCUT2D eigenvalue weighted by atomic mass is 10.0. The summed E-state index contributed by atoms with van der Waals surface area (Å²) in [5.74, 6) is -1.67. The minimum atomic E-state index is -4.70. The van der Waals surface area contributed by atoms with Crippen molar-refractivity contribution in [2.24, 2.45) is 0 Å². The van der Waals surface area contributed by atoms with E-state index in [2.05, 4.69) is 0 Å². The summed E-state index contributed by atoms with van der Waals surface area (Å²) >= 11 is 0. The van der Waals surface area contributed by atoms with Crippen LogP contribution >= 0.6 is 0 Å². The SMILES string of the molecule is CC(C)(C)OC(=O)Nc1cc(C(F)(F)F)ccc1C(O)C(=O)O. The van der Waals surface area contributed by atoms with Crippen LogP contribution in [0.15, 0.2) is 18.2 Å². The number of aliphatic carboxylic acids is 1. The quantitative estimate of drug-likeness (QED) is 0.788. The van der Waals surface area contributed by atoms with E-state index in [4.69, 9.17) is 9.84 Å². The lowest BCUT2D eigenvalue weighted by Crippen LogP contribution is -2.28. The highest BCUT2D eigenvalue weighted by Crippen LogP contribution is 2.34. The molecule has 9 heteroatoms. The number of carboxylic acid groups (broad SMARTS) is 1. The highest BCUT2D eigenvalue weighted by Gasteiger charge is 2.32. The predicted octanol–water partition coefficient (Wildman–Crippen LogP) is 3.17. The van der Waals surface area contributed by atoms with E-state index in [1.54, 1.807) is 20.8 Å². The van der Waals surface area contributed by atoms with Crippen LogP contribution in [0.3, 0.4) is 0 Å². The van der Waals surface area contributed by atoms with Crippen molar-refractivity contribution in [3.05, 3.63) is 29.3 Å². The van der Waals surface area contributed by atoms with E-state index in [0.717, 1.165) is 6.07 Å². The number of aliphatic hydroxyl groups is 1. The Labute approximate surface area is 129 Å². The molecule has 128 valence electrons. The van der Waals surface area contributed by atoms with Crippen LogP contribution in [0.1, 0.15) is 38.0 Å². The zero-order chi connectivity index (χ0) is 18.0. The number of nitrogens with one attached hydrogen (secondary N) is 1. The first-order valence-electron chi connectivity index (χ1n) is 6.43. The molecule has 1 aromatic rings. The third kappa shape index (κ3) is 5.44. The number of hydrogen-bond donors (Lipinski definition) is 3. The van der Waals surface area contributed by atoms with Crippen LogP contribution in [0.4, 0.5) is 23.7 Å². The summed E-state index contributed by atoms with van der Waals surface area (Å²) in [6, 6.07) is 1.93. The Balaban J connectivity index is 3.23. The molecule has 1 aromatic carbocycles. The molecule has 6 nitrogen and oxygen atoms in total. The zero-order valence-corrected chi connectivity index (χ0v) is 12.6. The van der Waals surface area contributed by atoms with E-state index >= 15 is 0 Å². The van der Waals surface area contributed by atoms with E-state index < -0.39 is 46.8 Å². The fraction of sp³-hybridized carbons (Fsp3) is 0.429. The van der Waals surface area contributed by atoms with Gasteiger partial charge in [0.05, 0.1) is 11.3 Å². The van der Waals surface area contributed by atoms with Crippen molar-refractivity contribution in [1.29, 1.82) is 0 Å². The summed E-state index contributed by atoms with van der Waals surface area (Å²) in [5, 5.41) is 20.4. The van der Waals surface area contributed by atoms with Gasteiger partial charge in [-0.05, 0) is 32.9 Å². The molecule has 1 amide bonds. The third-order valence-electron chi connectivity index (χ3n) is 2.54. The molecule has 0 aliphatic heterocycles. The molecule has 3 N–H and O–H groups in total. The maximum atomic E-state index is 12.7. The molecule has 0 spiro atoms. The number of rotatable bonds is 3. The maximum Gasteiger partial charge on any atom is 0.416 e. The lowest BCUT2D eigenvalue weighted by Gasteiger charge is -2.21. The molecule has 0 saturated heterocycles. The number of benzene rings is 1. The molecule has 0 saturated carbocycles. The highest BCUT2D eigenvalue weighted by atomic mass is 19.4. The minimum Gasteiger partial charge on any atom is -0.479 e. The standard InChI is InChI=1S/C14H16F3NO5/c1-13(2,3)23-12(22)18-9-6-7(14(15,16)17)4-5-8(9)10(19)11(20)21/h4-6,10,19H,1-3H3,(H,18,22)(H,20,21). The van der Waals surface area contributed by atoms with E-state index in [-0.39, 0.29) is 0 Å². The third-order valence-corrected chi connectivity index (χ3v) is 2.54. The summed E-state index contributed by atoms with van der Waals surface area (Å²) in [6.45, 7) is 4.64. The molecule has 0 aliphatic rings. The second kappa shape index (κ2) is 6.45. The van der Waals surface area contributed by atoms with Gasteiger partial charge < -0.3 is 14.9 Å². The average Bonchev–Trinajstić information content (AvgIpc) is 2.34. The monoisotopic (exact) mass is 335 g/mol. The van der Waals surface area contributed by atoms with Gasteiger partial charge in [0.15, 0.2) is 6.10 Å². The van der Waals surface area contributed by atoms with Crippen LogP contribution in [0.2, 0.25) is 0 Å². The Kier molecular flexibility index (Phi) is 5.26. The van der Waals surface area contributed by atoms with Crippen molar-refractivity contribution in [2.45, 2.75) is 38.7 Å². The predicted molar refractivity (Wildman–Crippen MR) is 73.9 cm³/mol. The Morgan fingerprint density at radius 3 is 2.22 bits per heavy atom. The zero-order valence-electron chi connectivity index (χ0n) is 12.6. The molecule has 0 bridgehead atoms. The van der Waals surface area contributed by atoms with Crippen molar-refractivity contribution < 1.29 is 37.7 Å². The summed E-state index contributed by atoms with van der Waals surface area (Å²) in [6.07, 6.45) is -7.87. The Morgan fingerprint density at radius 2 is 1.78 bits per heavy atom. The highest BCUT2D eigenvalue weighted by molar-refractivity contribution is 5.88. The molecule has 0 radical (unpaired) electrons. The van der Waals surface area contributed by atoms with Gasteiger partial charge in [-0.3, -0.25) is 5.32 Å². The first-order chi connectivity index (χ1) is 10.3. The number of aliphatic hydroxyl groups excluding tert-OH is 1. The van der Waals surface area contributed by atoms with Crippen molar-refractivity contribution in [3.8, 4) is 0 Å². The number of ether oxygens (including phenoxy) is 1. The van der Waals surface area contributed by atoms with Crippen LogP contribution < -0.4 is 5.32 Å². The number of carbonyl (C=O) groups excluding carboxylic acids is 1. The summed E-state index contributed by atoms with van der Waals surface area (Å²) in [5.41, 5.74) is -2.90. The normalized spacial score (nSPS) is 13.3. The topological polar surface area (TPSA) is 95.9 Å². The molecule has 0 fully saturated rings. The molecule has 1 atom stereocenters. The van der Waals surface area contributed by atoms with Crippen molar-refractivity contribution in [2.75, 3.05) is 5.32 Å². The van der Waals surface area contributed by atoms with E-state index in [9.17, 15) is 27.9 Å². The largest absolute Gasteiger partial charge is 0.479 e. The number of halogens is 3. The van der Waals surface area contributed by atoms with Crippen molar-refractivity contribution in [3.63, 3.8) is 0 Å². The number of amides is 1. The number of hydrogen-bond acceptors (Lipinski definition) is 4. The molecule has 0 aromatic heterocycles. The molecule has 0 aliphatic carbocycles. The number of anilines is 1. The van der Waals surface area contributed by atoms with Crippen LogP contribution in [0.25, 0.3) is 0 Å². The van der Waals surface area contributed by atoms with Gasteiger partial charge in [0.1, 0.15) is 5.60 Å². The molecule has 23 heavy (non-hydrogen) atoms. The Morgan fingerprint density at radius 1 is 1.22 bits per heavy atom. The van der Waals surface area contributed by atoms with Gasteiger partial charge in [0, 0.05) is 5.56 Å². The summed E-state index contributed by atoms with van der Waals surface area (Å²) in [4.78, 5) is 22.5. The van der Waals surface area contributed by atoms with Gasteiger partial charge in [-0.1, -0.05) is 6.07 Å². The Bertz CT molecular complexity index is 607. The maximum absolute atomic E-state index is 12.7. The van der Waals surface area contributed by atoms with Gasteiger partial charge in [-0.25, -0.2) is 9.59 Å². The van der Waals surface area contributed by atoms with Crippen LogP contribution in [-0.2, 0) is 15.7 Å². The van der Waals surface area contributed by atoms with Crippen LogP contribution in [0.5, 0.6) is 0 Å².